The van der Waals surface area contributed by atoms with Crippen LogP contribution >= 0.6 is 0 Å². The minimum atomic E-state index is -1.04. The summed E-state index contributed by atoms with van der Waals surface area (Å²) in [6, 6.07) is 6.03. The molecule has 1 aliphatic carbocycles. The van der Waals surface area contributed by atoms with E-state index in [1.807, 2.05) is 0 Å². The molecule has 0 spiro atoms. The summed E-state index contributed by atoms with van der Waals surface area (Å²) in [6.07, 6.45) is 3.80. The number of carbonyl (C=O) groups excluding carboxylic acids is 2. The Morgan fingerprint density at radius 2 is 1.87 bits per heavy atom. The highest BCUT2D eigenvalue weighted by Crippen LogP contribution is 2.35. The van der Waals surface area contributed by atoms with Gasteiger partial charge in [-0.15, -0.1) is 0 Å². The molecule has 1 atom stereocenters. The molecule has 1 unspecified atom stereocenters. The maximum atomic E-state index is 12.5. The van der Waals surface area contributed by atoms with Gasteiger partial charge in [0.1, 0.15) is 17.6 Å². The maximum absolute atomic E-state index is 12.5. The molecule has 1 heterocycles. The van der Waals surface area contributed by atoms with Gasteiger partial charge >= 0.3 is 17.8 Å². The Balaban J connectivity index is 1.40. The standard InChI is InChI=1S/C21H28N4O5/c22-18(23)15-5-7-16(8-6-15)30-12-2-1-9-24-10-11-25(20(27)19(24)26)17(21(28)29)13-14-3-4-14/h5-8,14,17H,1-4,9-13H2,(H3,22,23)(H,28,29). The van der Waals surface area contributed by atoms with Gasteiger partial charge in [-0.05, 0) is 49.4 Å². The van der Waals surface area contributed by atoms with Crippen LogP contribution in [0.3, 0.4) is 0 Å². The molecule has 162 valence electrons. The Bertz CT molecular complexity index is 806. The van der Waals surface area contributed by atoms with Crippen LogP contribution in [0.25, 0.3) is 0 Å². The summed E-state index contributed by atoms with van der Waals surface area (Å²) in [5.41, 5.74) is 6.04. The fourth-order valence-electron chi connectivity index (χ4n) is 3.56. The number of hydrogen-bond donors (Lipinski definition) is 3. The van der Waals surface area contributed by atoms with Gasteiger partial charge < -0.3 is 25.4 Å². The normalized spacial score (nSPS) is 17.7. The Hall–Kier alpha value is -3.10. The first kappa shape index (κ1) is 21.6. The highest BCUT2D eigenvalue weighted by Gasteiger charge is 2.41. The summed E-state index contributed by atoms with van der Waals surface area (Å²) >= 11 is 0. The number of piperazine rings is 1. The second kappa shape index (κ2) is 9.60. The third-order valence-electron chi connectivity index (χ3n) is 5.51. The summed E-state index contributed by atoms with van der Waals surface area (Å²) < 4.78 is 5.64. The molecule has 2 amide bonds. The molecule has 2 aliphatic rings. The monoisotopic (exact) mass is 416 g/mol. The zero-order chi connectivity index (χ0) is 21.7. The predicted molar refractivity (Wildman–Crippen MR) is 109 cm³/mol. The molecule has 2 fully saturated rings. The minimum absolute atomic E-state index is 0.00285. The van der Waals surface area contributed by atoms with E-state index in [0.717, 1.165) is 12.8 Å². The Morgan fingerprint density at radius 1 is 1.17 bits per heavy atom. The van der Waals surface area contributed by atoms with E-state index < -0.39 is 23.8 Å². The van der Waals surface area contributed by atoms with Gasteiger partial charge in [-0.3, -0.25) is 15.0 Å². The fraction of sp³-hybridized carbons (Fsp3) is 0.524. The first-order valence-electron chi connectivity index (χ1n) is 10.3. The lowest BCUT2D eigenvalue weighted by Gasteiger charge is -2.37. The number of nitrogens with zero attached hydrogens (tertiary/aromatic N) is 2. The van der Waals surface area contributed by atoms with Crippen LogP contribution in [0, 0.1) is 11.3 Å². The van der Waals surface area contributed by atoms with E-state index in [9.17, 15) is 19.5 Å². The zero-order valence-corrected chi connectivity index (χ0v) is 16.9. The Kier molecular flexibility index (Phi) is 6.91. The minimum Gasteiger partial charge on any atom is -0.494 e. The van der Waals surface area contributed by atoms with Gasteiger partial charge in [-0.1, -0.05) is 12.8 Å². The second-order valence-electron chi connectivity index (χ2n) is 7.82. The molecule has 1 saturated heterocycles. The molecule has 0 aromatic heterocycles. The number of carboxylic acids is 1. The number of carboxylic acid groups (broad SMARTS) is 1. The first-order chi connectivity index (χ1) is 14.4. The van der Waals surface area contributed by atoms with Gasteiger partial charge in [0.15, 0.2) is 0 Å². The number of hydrogen-bond acceptors (Lipinski definition) is 5. The van der Waals surface area contributed by atoms with Crippen molar-refractivity contribution < 1.29 is 24.2 Å². The van der Waals surface area contributed by atoms with Crippen LogP contribution in [0.2, 0.25) is 0 Å². The van der Waals surface area contributed by atoms with Crippen molar-refractivity contribution in [2.75, 3.05) is 26.2 Å². The van der Waals surface area contributed by atoms with Crippen molar-refractivity contribution in [1.82, 2.24) is 9.80 Å². The predicted octanol–water partition coefficient (Wildman–Crippen LogP) is 1.05. The average molecular weight is 416 g/mol. The third-order valence-corrected chi connectivity index (χ3v) is 5.51. The number of carbonyl (C=O) groups is 3. The van der Waals surface area contributed by atoms with Gasteiger partial charge in [0, 0.05) is 25.2 Å². The summed E-state index contributed by atoms with van der Waals surface area (Å²) in [6.45, 7) is 1.51. The number of amidine groups is 1. The van der Waals surface area contributed by atoms with Crippen LogP contribution in [-0.4, -0.2) is 70.8 Å². The van der Waals surface area contributed by atoms with E-state index >= 15 is 0 Å². The van der Waals surface area contributed by atoms with Gasteiger partial charge in [-0.25, -0.2) is 4.79 Å². The zero-order valence-electron chi connectivity index (χ0n) is 16.9. The summed E-state index contributed by atoms with van der Waals surface area (Å²) in [5.74, 6) is -1.34. The quantitative estimate of drug-likeness (QED) is 0.213. The molecule has 9 heteroatoms. The van der Waals surface area contributed by atoms with E-state index in [-0.39, 0.29) is 12.4 Å². The van der Waals surface area contributed by atoms with E-state index in [1.165, 1.54) is 9.80 Å². The number of nitrogen functional groups attached to an aromatic ring is 1. The molecule has 1 saturated carbocycles. The number of amides is 2. The highest BCUT2D eigenvalue weighted by atomic mass is 16.5. The van der Waals surface area contributed by atoms with Crippen molar-refractivity contribution in [3.63, 3.8) is 0 Å². The lowest BCUT2D eigenvalue weighted by Crippen LogP contribution is -2.59. The number of rotatable bonds is 11. The van der Waals surface area contributed by atoms with Crippen molar-refractivity contribution in [1.29, 1.82) is 5.41 Å². The number of benzene rings is 1. The van der Waals surface area contributed by atoms with Gasteiger partial charge in [0.05, 0.1) is 6.61 Å². The van der Waals surface area contributed by atoms with Crippen molar-refractivity contribution in [2.45, 2.75) is 38.1 Å². The average Bonchev–Trinajstić information content (AvgIpc) is 3.54. The van der Waals surface area contributed by atoms with Crippen LogP contribution in [-0.2, 0) is 14.4 Å². The van der Waals surface area contributed by atoms with Crippen molar-refractivity contribution in [3.8, 4) is 5.75 Å². The smallest absolute Gasteiger partial charge is 0.326 e. The number of nitrogens with one attached hydrogen (secondary N) is 1. The van der Waals surface area contributed by atoms with Gasteiger partial charge in [0.25, 0.3) is 0 Å². The summed E-state index contributed by atoms with van der Waals surface area (Å²) in [4.78, 5) is 39.2. The summed E-state index contributed by atoms with van der Waals surface area (Å²) in [5, 5.41) is 16.8. The fourth-order valence-corrected chi connectivity index (χ4v) is 3.56. The molecular formula is C21H28N4O5. The van der Waals surface area contributed by atoms with Crippen LogP contribution in [0.5, 0.6) is 5.75 Å². The van der Waals surface area contributed by atoms with Crippen LogP contribution in [0.4, 0.5) is 0 Å². The molecule has 30 heavy (non-hydrogen) atoms. The highest BCUT2D eigenvalue weighted by molar-refractivity contribution is 6.35. The van der Waals surface area contributed by atoms with E-state index in [1.54, 1.807) is 24.3 Å². The topological polar surface area (TPSA) is 137 Å². The number of nitrogens with two attached hydrogens (primary N) is 1. The van der Waals surface area contributed by atoms with Crippen LogP contribution in [0.1, 0.15) is 37.7 Å². The molecule has 0 bridgehead atoms. The molecule has 3 rings (SSSR count). The van der Waals surface area contributed by atoms with E-state index in [2.05, 4.69) is 0 Å². The summed E-state index contributed by atoms with van der Waals surface area (Å²) in [7, 11) is 0. The molecule has 1 aromatic rings. The van der Waals surface area contributed by atoms with E-state index in [4.69, 9.17) is 15.9 Å². The second-order valence-corrected chi connectivity index (χ2v) is 7.82. The number of ether oxygens (including phenoxy) is 1. The number of unbranched alkanes of at least 4 members (excludes halogenated alkanes) is 1. The molecule has 1 aliphatic heterocycles. The molecule has 9 nitrogen and oxygen atoms in total. The lowest BCUT2D eigenvalue weighted by molar-refractivity contribution is -0.162. The molecular weight excluding hydrogens is 388 g/mol. The van der Waals surface area contributed by atoms with Gasteiger partial charge in [0.2, 0.25) is 0 Å². The lowest BCUT2D eigenvalue weighted by atomic mass is 10.1. The Morgan fingerprint density at radius 3 is 2.47 bits per heavy atom. The van der Waals surface area contributed by atoms with E-state index in [0.29, 0.717) is 56.2 Å². The largest absolute Gasteiger partial charge is 0.494 e. The molecule has 4 N–H and O–H groups in total. The first-order valence-corrected chi connectivity index (χ1v) is 10.3. The van der Waals surface area contributed by atoms with Crippen LogP contribution < -0.4 is 10.5 Å². The molecule has 0 radical (unpaired) electrons. The SMILES string of the molecule is N=C(N)c1ccc(OCCCCN2CCN(C(CC3CC3)C(=O)O)C(=O)C2=O)cc1. The van der Waals surface area contributed by atoms with Gasteiger partial charge in [-0.2, -0.15) is 0 Å². The number of aliphatic carboxylic acids is 1. The third kappa shape index (κ3) is 5.49. The van der Waals surface area contributed by atoms with Crippen molar-refractivity contribution >= 4 is 23.6 Å². The maximum Gasteiger partial charge on any atom is 0.326 e. The molecule has 1 aromatic carbocycles. The van der Waals surface area contributed by atoms with Crippen molar-refractivity contribution in [3.05, 3.63) is 29.8 Å². The van der Waals surface area contributed by atoms with Crippen LogP contribution in [0.15, 0.2) is 24.3 Å². The Labute approximate surface area is 175 Å². The van der Waals surface area contributed by atoms with Crippen molar-refractivity contribution in [2.24, 2.45) is 11.7 Å².